The third-order valence-corrected chi connectivity index (χ3v) is 2.19. The van der Waals surface area contributed by atoms with Gasteiger partial charge in [0.15, 0.2) is 0 Å². The lowest BCUT2D eigenvalue weighted by Gasteiger charge is -2.13. The number of hydrogen-bond donors (Lipinski definition) is 1. The van der Waals surface area contributed by atoms with Crippen LogP contribution in [0.2, 0.25) is 0 Å². The lowest BCUT2D eigenvalue weighted by Crippen LogP contribution is -2.19. The van der Waals surface area contributed by atoms with Crippen molar-refractivity contribution in [3.8, 4) is 0 Å². The van der Waals surface area contributed by atoms with Gasteiger partial charge in [-0.2, -0.15) is 0 Å². The van der Waals surface area contributed by atoms with E-state index in [-0.39, 0.29) is 0 Å². The van der Waals surface area contributed by atoms with Gasteiger partial charge in [-0.15, -0.1) is 0 Å². The van der Waals surface area contributed by atoms with Crippen molar-refractivity contribution in [2.45, 2.75) is 32.7 Å². The molecule has 0 aliphatic heterocycles. The number of rotatable bonds is 5. The summed E-state index contributed by atoms with van der Waals surface area (Å²) in [5.41, 5.74) is 1.31. The molecule has 72 valence electrons. The standard InChI is InChI=1S/C11H18N2/c1-3-4-7-13-10(2)11-5-8-12-9-6-11/h5-6,8-10,13H,3-4,7H2,1-2H3. The zero-order chi connectivity index (χ0) is 9.52. The minimum absolute atomic E-state index is 0.439. The van der Waals surface area contributed by atoms with Crippen LogP contribution < -0.4 is 5.32 Å². The maximum Gasteiger partial charge on any atom is 0.0292 e. The molecule has 0 spiro atoms. The Morgan fingerprint density at radius 1 is 1.38 bits per heavy atom. The number of aromatic nitrogens is 1. The van der Waals surface area contributed by atoms with E-state index in [4.69, 9.17) is 0 Å². The summed E-state index contributed by atoms with van der Waals surface area (Å²) < 4.78 is 0. The topological polar surface area (TPSA) is 24.9 Å². The predicted octanol–water partition coefficient (Wildman–Crippen LogP) is 2.53. The summed E-state index contributed by atoms with van der Waals surface area (Å²) in [5.74, 6) is 0. The van der Waals surface area contributed by atoms with Crippen LogP contribution in [0.1, 0.15) is 38.3 Å². The molecule has 0 saturated heterocycles. The first-order chi connectivity index (χ1) is 6.34. The van der Waals surface area contributed by atoms with Gasteiger partial charge >= 0.3 is 0 Å². The minimum Gasteiger partial charge on any atom is -0.310 e. The molecule has 0 amide bonds. The van der Waals surface area contributed by atoms with Crippen LogP contribution >= 0.6 is 0 Å². The van der Waals surface area contributed by atoms with Crippen molar-refractivity contribution in [3.05, 3.63) is 30.1 Å². The molecule has 0 saturated carbocycles. The largest absolute Gasteiger partial charge is 0.310 e. The normalized spacial score (nSPS) is 12.8. The van der Waals surface area contributed by atoms with Gasteiger partial charge in [-0.1, -0.05) is 13.3 Å². The molecule has 0 radical (unpaired) electrons. The monoisotopic (exact) mass is 178 g/mol. The van der Waals surface area contributed by atoms with Crippen LogP contribution in [0.3, 0.4) is 0 Å². The smallest absolute Gasteiger partial charge is 0.0292 e. The zero-order valence-electron chi connectivity index (χ0n) is 8.46. The average molecular weight is 178 g/mol. The van der Waals surface area contributed by atoms with E-state index >= 15 is 0 Å². The Labute approximate surface area is 80.4 Å². The quantitative estimate of drug-likeness (QED) is 0.701. The van der Waals surface area contributed by atoms with Crippen molar-refractivity contribution in [1.29, 1.82) is 0 Å². The fraction of sp³-hybridized carbons (Fsp3) is 0.545. The van der Waals surface area contributed by atoms with Gasteiger partial charge in [-0.3, -0.25) is 4.98 Å². The molecular weight excluding hydrogens is 160 g/mol. The highest BCUT2D eigenvalue weighted by molar-refractivity contribution is 5.13. The fourth-order valence-corrected chi connectivity index (χ4v) is 1.27. The number of hydrogen-bond acceptors (Lipinski definition) is 2. The lowest BCUT2D eigenvalue weighted by atomic mass is 10.1. The molecule has 13 heavy (non-hydrogen) atoms. The van der Waals surface area contributed by atoms with E-state index < -0.39 is 0 Å². The van der Waals surface area contributed by atoms with Gasteiger partial charge in [0.25, 0.3) is 0 Å². The molecule has 0 aromatic carbocycles. The highest BCUT2D eigenvalue weighted by Gasteiger charge is 2.01. The second-order valence-corrected chi connectivity index (χ2v) is 3.31. The number of unbranched alkanes of at least 4 members (excludes halogenated alkanes) is 1. The molecule has 0 aliphatic rings. The number of nitrogens with one attached hydrogen (secondary N) is 1. The van der Waals surface area contributed by atoms with E-state index in [1.165, 1.54) is 18.4 Å². The first-order valence-corrected chi connectivity index (χ1v) is 4.98. The number of pyridine rings is 1. The second kappa shape index (κ2) is 5.70. The van der Waals surface area contributed by atoms with Crippen LogP contribution in [0.5, 0.6) is 0 Å². The van der Waals surface area contributed by atoms with Gasteiger partial charge in [0.05, 0.1) is 0 Å². The lowest BCUT2D eigenvalue weighted by molar-refractivity contribution is 0.554. The van der Waals surface area contributed by atoms with E-state index in [1.807, 2.05) is 12.4 Å². The van der Waals surface area contributed by atoms with Crippen LogP contribution in [0.25, 0.3) is 0 Å². The van der Waals surface area contributed by atoms with Gasteiger partial charge < -0.3 is 5.32 Å². The van der Waals surface area contributed by atoms with E-state index in [0.29, 0.717) is 6.04 Å². The summed E-state index contributed by atoms with van der Waals surface area (Å²) in [6.07, 6.45) is 6.17. The fourth-order valence-electron chi connectivity index (χ4n) is 1.27. The molecule has 1 unspecified atom stereocenters. The van der Waals surface area contributed by atoms with Gasteiger partial charge in [0.1, 0.15) is 0 Å². The molecule has 1 rings (SSSR count). The highest BCUT2D eigenvalue weighted by atomic mass is 14.9. The van der Waals surface area contributed by atoms with E-state index in [9.17, 15) is 0 Å². The van der Waals surface area contributed by atoms with Crippen molar-refractivity contribution in [3.63, 3.8) is 0 Å². The summed E-state index contributed by atoms with van der Waals surface area (Å²) in [5, 5.41) is 3.47. The molecule has 1 aromatic heterocycles. The van der Waals surface area contributed by atoms with Crippen molar-refractivity contribution >= 4 is 0 Å². The van der Waals surface area contributed by atoms with Crippen LogP contribution in [0.15, 0.2) is 24.5 Å². The Bertz CT molecular complexity index is 221. The third-order valence-electron chi connectivity index (χ3n) is 2.19. The van der Waals surface area contributed by atoms with Gasteiger partial charge in [0, 0.05) is 18.4 Å². The minimum atomic E-state index is 0.439. The van der Waals surface area contributed by atoms with Crippen LogP contribution in [0.4, 0.5) is 0 Å². The first-order valence-electron chi connectivity index (χ1n) is 4.98. The third kappa shape index (κ3) is 3.55. The van der Waals surface area contributed by atoms with Crippen molar-refractivity contribution < 1.29 is 0 Å². The van der Waals surface area contributed by atoms with E-state index in [2.05, 4.69) is 36.3 Å². The van der Waals surface area contributed by atoms with Crippen LogP contribution in [-0.2, 0) is 0 Å². The van der Waals surface area contributed by atoms with Crippen LogP contribution in [0, 0.1) is 0 Å². The van der Waals surface area contributed by atoms with Crippen LogP contribution in [-0.4, -0.2) is 11.5 Å². The SMILES string of the molecule is CCCCNC(C)c1ccncc1. The van der Waals surface area contributed by atoms with Crippen molar-refractivity contribution in [2.24, 2.45) is 0 Å². The molecule has 0 aliphatic carbocycles. The zero-order valence-corrected chi connectivity index (χ0v) is 8.46. The Morgan fingerprint density at radius 3 is 2.69 bits per heavy atom. The maximum atomic E-state index is 4.00. The molecule has 1 N–H and O–H groups in total. The molecule has 2 heteroatoms. The van der Waals surface area contributed by atoms with Crippen molar-refractivity contribution in [2.75, 3.05) is 6.54 Å². The first kappa shape index (κ1) is 10.2. The molecule has 1 atom stereocenters. The Kier molecular flexibility index (Phi) is 4.47. The molecule has 1 aromatic rings. The van der Waals surface area contributed by atoms with E-state index in [1.54, 1.807) is 0 Å². The van der Waals surface area contributed by atoms with Gasteiger partial charge in [-0.25, -0.2) is 0 Å². The van der Waals surface area contributed by atoms with Crippen molar-refractivity contribution in [1.82, 2.24) is 10.3 Å². The second-order valence-electron chi connectivity index (χ2n) is 3.31. The molecule has 0 fully saturated rings. The van der Waals surface area contributed by atoms with Gasteiger partial charge in [-0.05, 0) is 37.6 Å². The van der Waals surface area contributed by atoms with Gasteiger partial charge in [0.2, 0.25) is 0 Å². The summed E-state index contributed by atoms with van der Waals surface area (Å²) >= 11 is 0. The highest BCUT2D eigenvalue weighted by Crippen LogP contribution is 2.09. The molecule has 0 bridgehead atoms. The molecule has 1 heterocycles. The van der Waals surface area contributed by atoms with E-state index in [0.717, 1.165) is 6.54 Å². The summed E-state index contributed by atoms with van der Waals surface area (Å²) in [4.78, 5) is 4.00. The average Bonchev–Trinajstić information content (AvgIpc) is 2.19. The Hall–Kier alpha value is -0.890. The number of nitrogens with zero attached hydrogens (tertiary/aromatic N) is 1. The predicted molar refractivity (Wildman–Crippen MR) is 55.6 cm³/mol. The summed E-state index contributed by atoms with van der Waals surface area (Å²) in [6.45, 7) is 5.49. The Morgan fingerprint density at radius 2 is 2.08 bits per heavy atom. The summed E-state index contributed by atoms with van der Waals surface area (Å²) in [6, 6.07) is 4.56. The molecular formula is C11H18N2. The molecule has 2 nitrogen and oxygen atoms in total. The Balaban J connectivity index is 2.35. The summed E-state index contributed by atoms with van der Waals surface area (Å²) in [7, 11) is 0. The maximum absolute atomic E-state index is 4.00.